The van der Waals surface area contributed by atoms with Gasteiger partial charge in [-0.15, -0.1) is 0 Å². The van der Waals surface area contributed by atoms with Crippen molar-refractivity contribution in [2.24, 2.45) is 5.10 Å². The molecule has 1 aliphatic heterocycles. The van der Waals surface area contributed by atoms with Crippen LogP contribution in [0.2, 0.25) is 0 Å². The number of amides is 1. The van der Waals surface area contributed by atoms with E-state index < -0.39 is 10.8 Å². The number of carbonyl (C=O) groups excluding carboxylic acids is 1. The number of ether oxygens (including phenoxy) is 3. The van der Waals surface area contributed by atoms with E-state index in [9.17, 15) is 14.9 Å². The maximum atomic E-state index is 11.9. The lowest BCUT2D eigenvalue weighted by Crippen LogP contribution is -2.24. The SMILES string of the molecule is CC(C)(C)c1ccc(OCC(=O)N/N=C/c2cc3c(cc2[N+](=O)[O-])OCO3)cc1. The molecule has 0 spiro atoms. The maximum Gasteiger partial charge on any atom is 0.282 e. The van der Waals surface area contributed by atoms with Gasteiger partial charge < -0.3 is 14.2 Å². The van der Waals surface area contributed by atoms with Crippen molar-refractivity contribution in [1.29, 1.82) is 0 Å². The zero-order valence-electron chi connectivity index (χ0n) is 16.3. The van der Waals surface area contributed by atoms with Crippen LogP contribution in [0, 0.1) is 10.1 Å². The Bertz CT molecular complexity index is 948. The van der Waals surface area contributed by atoms with E-state index in [1.54, 1.807) is 12.1 Å². The van der Waals surface area contributed by atoms with Gasteiger partial charge in [-0.25, -0.2) is 5.43 Å². The summed E-state index contributed by atoms with van der Waals surface area (Å²) < 4.78 is 15.8. The highest BCUT2D eigenvalue weighted by Gasteiger charge is 2.22. The first-order valence-electron chi connectivity index (χ1n) is 8.87. The molecule has 0 unspecified atom stereocenters. The Morgan fingerprint density at radius 3 is 2.52 bits per heavy atom. The Morgan fingerprint density at radius 1 is 1.24 bits per heavy atom. The van der Waals surface area contributed by atoms with Crippen LogP contribution in [-0.4, -0.2) is 30.4 Å². The largest absolute Gasteiger partial charge is 0.484 e. The molecule has 0 radical (unpaired) electrons. The predicted molar refractivity (Wildman–Crippen MR) is 106 cm³/mol. The molecule has 1 aliphatic rings. The zero-order chi connectivity index (χ0) is 21.0. The number of hydrogen-bond donors (Lipinski definition) is 1. The Labute approximate surface area is 167 Å². The molecule has 0 fully saturated rings. The number of hydrazone groups is 1. The summed E-state index contributed by atoms with van der Waals surface area (Å²) in [5.41, 5.74) is 3.44. The Kier molecular flexibility index (Phi) is 5.67. The fraction of sp³-hybridized carbons (Fsp3) is 0.300. The minimum absolute atomic E-state index is 0.00209. The number of hydrogen-bond acceptors (Lipinski definition) is 7. The highest BCUT2D eigenvalue weighted by molar-refractivity contribution is 5.88. The second kappa shape index (κ2) is 8.17. The van der Waals surface area contributed by atoms with Gasteiger partial charge in [-0.3, -0.25) is 14.9 Å². The second-order valence-electron chi connectivity index (χ2n) is 7.38. The van der Waals surface area contributed by atoms with Crippen molar-refractivity contribution < 1.29 is 23.9 Å². The third kappa shape index (κ3) is 5.01. The van der Waals surface area contributed by atoms with Gasteiger partial charge in [0.1, 0.15) is 5.75 Å². The molecule has 0 aromatic heterocycles. The van der Waals surface area contributed by atoms with Gasteiger partial charge in [-0.05, 0) is 29.2 Å². The maximum absolute atomic E-state index is 11.9. The molecular formula is C20H21N3O6. The quantitative estimate of drug-likeness (QED) is 0.454. The van der Waals surface area contributed by atoms with E-state index in [0.717, 1.165) is 5.56 Å². The smallest absolute Gasteiger partial charge is 0.282 e. The fourth-order valence-electron chi connectivity index (χ4n) is 2.61. The molecule has 1 heterocycles. The summed E-state index contributed by atoms with van der Waals surface area (Å²) in [6.07, 6.45) is 1.18. The van der Waals surface area contributed by atoms with Crippen LogP contribution < -0.4 is 19.6 Å². The number of benzene rings is 2. The third-order valence-corrected chi connectivity index (χ3v) is 4.20. The van der Waals surface area contributed by atoms with Crippen LogP contribution in [-0.2, 0) is 10.2 Å². The van der Waals surface area contributed by atoms with Crippen molar-refractivity contribution in [2.45, 2.75) is 26.2 Å². The second-order valence-corrected chi connectivity index (χ2v) is 7.38. The minimum Gasteiger partial charge on any atom is -0.484 e. The molecule has 0 aliphatic carbocycles. The number of rotatable bonds is 6. The van der Waals surface area contributed by atoms with Gasteiger partial charge in [0, 0.05) is 0 Å². The van der Waals surface area contributed by atoms with E-state index in [1.807, 2.05) is 12.1 Å². The van der Waals surface area contributed by atoms with Crippen molar-refractivity contribution in [3.8, 4) is 17.2 Å². The number of carbonyl (C=O) groups is 1. The number of nitro groups is 1. The minimum atomic E-state index is -0.560. The van der Waals surface area contributed by atoms with Crippen LogP contribution in [0.5, 0.6) is 17.2 Å². The van der Waals surface area contributed by atoms with Crippen molar-refractivity contribution in [3.05, 3.63) is 57.6 Å². The van der Waals surface area contributed by atoms with Crippen molar-refractivity contribution in [3.63, 3.8) is 0 Å². The molecule has 1 N–H and O–H groups in total. The summed E-state index contributed by atoms with van der Waals surface area (Å²) in [6.45, 7) is 6.09. The van der Waals surface area contributed by atoms with E-state index in [0.29, 0.717) is 17.2 Å². The molecule has 0 atom stereocenters. The van der Waals surface area contributed by atoms with Crippen LogP contribution in [0.4, 0.5) is 5.69 Å². The molecular weight excluding hydrogens is 378 g/mol. The molecule has 29 heavy (non-hydrogen) atoms. The van der Waals surface area contributed by atoms with Gasteiger partial charge in [0.05, 0.1) is 22.8 Å². The summed E-state index contributed by atoms with van der Waals surface area (Å²) in [6, 6.07) is 10.2. The number of nitrogens with zero attached hydrogens (tertiary/aromatic N) is 2. The highest BCUT2D eigenvalue weighted by atomic mass is 16.7. The van der Waals surface area contributed by atoms with Crippen molar-refractivity contribution in [2.75, 3.05) is 13.4 Å². The summed E-state index contributed by atoms with van der Waals surface area (Å²) >= 11 is 0. The molecule has 9 nitrogen and oxygen atoms in total. The van der Waals surface area contributed by atoms with E-state index >= 15 is 0 Å². The van der Waals surface area contributed by atoms with Crippen LogP contribution in [0.1, 0.15) is 31.9 Å². The first-order chi connectivity index (χ1) is 13.7. The molecule has 9 heteroatoms. The Hall–Kier alpha value is -3.62. The monoisotopic (exact) mass is 399 g/mol. The predicted octanol–water partition coefficient (Wildman–Crippen LogP) is 3.15. The molecule has 0 saturated heterocycles. The van der Waals surface area contributed by atoms with Gasteiger partial charge in [0.15, 0.2) is 18.1 Å². The van der Waals surface area contributed by atoms with Crippen molar-refractivity contribution in [1.82, 2.24) is 5.43 Å². The first-order valence-corrected chi connectivity index (χ1v) is 8.87. The number of nitrogens with one attached hydrogen (secondary N) is 1. The molecule has 2 aromatic rings. The van der Waals surface area contributed by atoms with Crippen molar-refractivity contribution >= 4 is 17.8 Å². The topological polar surface area (TPSA) is 112 Å². The zero-order valence-corrected chi connectivity index (χ0v) is 16.3. The lowest BCUT2D eigenvalue weighted by atomic mass is 9.87. The molecule has 0 saturated carbocycles. The molecule has 1 amide bonds. The Balaban J connectivity index is 1.57. The lowest BCUT2D eigenvalue weighted by Gasteiger charge is -2.19. The van der Waals surface area contributed by atoms with Crippen LogP contribution in [0.3, 0.4) is 0 Å². The average Bonchev–Trinajstić information content (AvgIpc) is 3.12. The van der Waals surface area contributed by atoms with Gasteiger partial charge in [-0.1, -0.05) is 32.9 Å². The first kappa shape index (κ1) is 20.1. The van der Waals surface area contributed by atoms with Crippen LogP contribution in [0.15, 0.2) is 41.5 Å². The average molecular weight is 399 g/mol. The molecule has 3 rings (SSSR count). The van der Waals surface area contributed by atoms with Gasteiger partial charge >= 0.3 is 0 Å². The van der Waals surface area contributed by atoms with Gasteiger partial charge in [0.2, 0.25) is 6.79 Å². The normalized spacial score (nSPS) is 12.8. The van der Waals surface area contributed by atoms with E-state index in [2.05, 4.69) is 31.3 Å². The van der Waals surface area contributed by atoms with Gasteiger partial charge in [-0.2, -0.15) is 5.10 Å². The third-order valence-electron chi connectivity index (χ3n) is 4.20. The number of fused-ring (bicyclic) bond motifs is 1. The summed E-state index contributed by atoms with van der Waals surface area (Å²) in [7, 11) is 0. The van der Waals surface area contributed by atoms with E-state index in [4.69, 9.17) is 14.2 Å². The van der Waals surface area contributed by atoms with E-state index in [-0.39, 0.29) is 30.1 Å². The summed E-state index contributed by atoms with van der Waals surface area (Å²) in [5.74, 6) is 0.738. The standard InChI is InChI=1S/C20H21N3O6/c1-20(2,3)14-4-6-15(7-5-14)27-11-19(24)22-21-10-13-8-17-18(29-12-28-17)9-16(13)23(25)26/h4-10H,11-12H2,1-3H3,(H,22,24)/b21-10+. The summed E-state index contributed by atoms with van der Waals surface area (Å²) in [4.78, 5) is 22.6. The molecule has 0 bridgehead atoms. The Morgan fingerprint density at radius 2 is 1.90 bits per heavy atom. The molecule has 2 aromatic carbocycles. The van der Waals surface area contributed by atoms with E-state index in [1.165, 1.54) is 18.3 Å². The molecule has 152 valence electrons. The van der Waals surface area contributed by atoms with Crippen LogP contribution >= 0.6 is 0 Å². The number of nitro benzene ring substituents is 1. The lowest BCUT2D eigenvalue weighted by molar-refractivity contribution is -0.385. The highest BCUT2D eigenvalue weighted by Crippen LogP contribution is 2.37. The van der Waals surface area contributed by atoms with Gasteiger partial charge in [0.25, 0.3) is 11.6 Å². The summed E-state index contributed by atoms with van der Waals surface area (Å²) in [5, 5.41) is 15.0. The fourth-order valence-corrected chi connectivity index (χ4v) is 2.61. The van der Waals surface area contributed by atoms with Crippen LogP contribution in [0.25, 0.3) is 0 Å².